The highest BCUT2D eigenvalue weighted by atomic mass is 19.4. The van der Waals surface area contributed by atoms with Crippen LogP contribution in [0.25, 0.3) is 0 Å². The number of aromatic carboxylic acids is 1. The summed E-state index contributed by atoms with van der Waals surface area (Å²) in [5.41, 5.74) is -1.45. The largest absolute Gasteiger partial charge is 0.478 e. The van der Waals surface area contributed by atoms with Crippen LogP contribution in [0.3, 0.4) is 0 Å². The second kappa shape index (κ2) is 7.17. The summed E-state index contributed by atoms with van der Waals surface area (Å²) in [5, 5.41) is 11.8. The molecule has 0 heterocycles. The van der Waals surface area contributed by atoms with Gasteiger partial charge in [-0.05, 0) is 24.6 Å². The monoisotopic (exact) mass is 289 g/mol. The molecule has 0 saturated carbocycles. The first-order valence-electron chi connectivity index (χ1n) is 6.54. The van der Waals surface area contributed by atoms with E-state index in [-0.39, 0.29) is 0 Å². The first kappa shape index (κ1) is 16.3. The Hall–Kier alpha value is -1.72. The molecule has 0 spiro atoms. The Balaban J connectivity index is 2.76. The van der Waals surface area contributed by atoms with Crippen molar-refractivity contribution in [3.63, 3.8) is 0 Å². The number of halogens is 3. The summed E-state index contributed by atoms with van der Waals surface area (Å²) in [5.74, 6) is -1.58. The molecule has 0 aliphatic rings. The molecule has 3 nitrogen and oxygen atoms in total. The molecule has 0 saturated heterocycles. The minimum absolute atomic E-state index is 0.395. The van der Waals surface area contributed by atoms with E-state index in [1.54, 1.807) is 0 Å². The summed E-state index contributed by atoms with van der Waals surface area (Å²) in [6, 6.07) is 3.10. The highest BCUT2D eigenvalue weighted by molar-refractivity contribution is 5.91. The zero-order valence-electron chi connectivity index (χ0n) is 11.3. The van der Waals surface area contributed by atoms with Gasteiger partial charge in [-0.25, -0.2) is 4.79 Å². The Morgan fingerprint density at radius 2 is 1.95 bits per heavy atom. The average Bonchev–Trinajstić information content (AvgIpc) is 2.37. The van der Waals surface area contributed by atoms with Crippen LogP contribution >= 0.6 is 0 Å². The Kier molecular flexibility index (Phi) is 5.85. The van der Waals surface area contributed by atoms with Gasteiger partial charge in [0.15, 0.2) is 0 Å². The number of carboxylic acid groups (broad SMARTS) is 1. The maximum atomic E-state index is 12.6. The third-order valence-electron chi connectivity index (χ3n) is 2.91. The van der Waals surface area contributed by atoms with E-state index in [0.29, 0.717) is 12.2 Å². The Morgan fingerprint density at radius 3 is 2.50 bits per heavy atom. The maximum absolute atomic E-state index is 12.6. The van der Waals surface area contributed by atoms with E-state index in [9.17, 15) is 18.0 Å². The van der Waals surface area contributed by atoms with Gasteiger partial charge >= 0.3 is 12.1 Å². The number of carboxylic acids is 1. The highest BCUT2D eigenvalue weighted by Crippen LogP contribution is 2.33. The Morgan fingerprint density at radius 1 is 1.25 bits per heavy atom. The number of alkyl halides is 3. The van der Waals surface area contributed by atoms with Crippen molar-refractivity contribution in [3.05, 3.63) is 29.3 Å². The lowest BCUT2D eigenvalue weighted by atomic mass is 10.1. The van der Waals surface area contributed by atoms with Gasteiger partial charge in [0.05, 0.1) is 11.1 Å². The van der Waals surface area contributed by atoms with Crippen LogP contribution in [0.1, 0.15) is 48.5 Å². The molecule has 0 unspecified atom stereocenters. The molecule has 1 rings (SSSR count). The molecule has 0 radical (unpaired) electrons. The van der Waals surface area contributed by atoms with E-state index in [4.69, 9.17) is 5.11 Å². The van der Waals surface area contributed by atoms with Crippen molar-refractivity contribution < 1.29 is 23.1 Å². The SMILES string of the molecule is CCCCCCNc1ccc(C(F)(F)F)c(C(=O)O)c1. The minimum Gasteiger partial charge on any atom is -0.478 e. The Labute approximate surface area is 115 Å². The zero-order valence-corrected chi connectivity index (χ0v) is 11.3. The molecule has 0 amide bonds. The van der Waals surface area contributed by atoms with Gasteiger partial charge in [0.25, 0.3) is 0 Å². The molecule has 2 N–H and O–H groups in total. The smallest absolute Gasteiger partial charge is 0.417 e. The van der Waals surface area contributed by atoms with Crippen LogP contribution in [0, 0.1) is 0 Å². The molecule has 0 aromatic heterocycles. The molecule has 20 heavy (non-hydrogen) atoms. The van der Waals surface area contributed by atoms with Crippen LogP contribution in [0.15, 0.2) is 18.2 Å². The van der Waals surface area contributed by atoms with Gasteiger partial charge in [0, 0.05) is 12.2 Å². The summed E-state index contributed by atoms with van der Waals surface area (Å²) >= 11 is 0. The van der Waals surface area contributed by atoms with E-state index in [1.807, 2.05) is 0 Å². The second-order valence-corrected chi connectivity index (χ2v) is 4.55. The van der Waals surface area contributed by atoms with Gasteiger partial charge in [0.2, 0.25) is 0 Å². The fourth-order valence-electron chi connectivity index (χ4n) is 1.86. The van der Waals surface area contributed by atoms with Crippen molar-refractivity contribution in [1.82, 2.24) is 0 Å². The van der Waals surface area contributed by atoms with E-state index in [0.717, 1.165) is 37.8 Å². The summed E-state index contributed by atoms with van der Waals surface area (Å²) < 4.78 is 37.9. The van der Waals surface area contributed by atoms with Crippen LogP contribution in [0.5, 0.6) is 0 Å². The number of carbonyl (C=O) groups is 1. The number of hydrogen-bond donors (Lipinski definition) is 2. The van der Waals surface area contributed by atoms with Gasteiger partial charge in [-0.2, -0.15) is 13.2 Å². The summed E-state index contributed by atoms with van der Waals surface area (Å²) in [7, 11) is 0. The van der Waals surface area contributed by atoms with Crippen LogP contribution in [0.4, 0.5) is 18.9 Å². The van der Waals surface area contributed by atoms with Gasteiger partial charge in [-0.1, -0.05) is 26.2 Å². The summed E-state index contributed by atoms with van der Waals surface area (Å²) in [6.45, 7) is 2.70. The number of nitrogens with one attached hydrogen (secondary N) is 1. The number of rotatable bonds is 7. The summed E-state index contributed by atoms with van der Waals surface area (Å²) in [4.78, 5) is 10.9. The zero-order chi connectivity index (χ0) is 15.2. The number of hydrogen-bond acceptors (Lipinski definition) is 2. The minimum atomic E-state index is -4.66. The van der Waals surface area contributed by atoms with E-state index in [1.165, 1.54) is 6.07 Å². The number of benzene rings is 1. The quantitative estimate of drug-likeness (QED) is 0.732. The first-order chi connectivity index (χ1) is 9.36. The number of unbranched alkanes of at least 4 members (excludes halogenated alkanes) is 3. The molecule has 1 aromatic carbocycles. The normalized spacial score (nSPS) is 11.4. The highest BCUT2D eigenvalue weighted by Gasteiger charge is 2.35. The van der Waals surface area contributed by atoms with Crippen LogP contribution in [-0.4, -0.2) is 17.6 Å². The third-order valence-corrected chi connectivity index (χ3v) is 2.91. The average molecular weight is 289 g/mol. The molecule has 0 aliphatic heterocycles. The van der Waals surface area contributed by atoms with Gasteiger partial charge < -0.3 is 10.4 Å². The maximum Gasteiger partial charge on any atom is 0.417 e. The molecule has 1 aromatic rings. The molecule has 0 fully saturated rings. The van der Waals surface area contributed by atoms with Crippen molar-refractivity contribution >= 4 is 11.7 Å². The van der Waals surface area contributed by atoms with Crippen LogP contribution in [-0.2, 0) is 6.18 Å². The van der Waals surface area contributed by atoms with Crippen molar-refractivity contribution in [2.75, 3.05) is 11.9 Å². The molecular formula is C14H18F3NO2. The van der Waals surface area contributed by atoms with E-state index in [2.05, 4.69) is 12.2 Å². The van der Waals surface area contributed by atoms with Crippen molar-refractivity contribution in [3.8, 4) is 0 Å². The van der Waals surface area contributed by atoms with Gasteiger partial charge in [-0.15, -0.1) is 0 Å². The van der Waals surface area contributed by atoms with E-state index >= 15 is 0 Å². The predicted octanol–water partition coefficient (Wildman–Crippen LogP) is 4.40. The molecule has 0 bridgehead atoms. The lowest BCUT2D eigenvalue weighted by molar-refractivity contribution is -0.138. The Bertz CT molecular complexity index is 458. The fraction of sp³-hybridized carbons (Fsp3) is 0.500. The summed E-state index contributed by atoms with van der Waals surface area (Å²) in [6.07, 6.45) is -0.515. The standard InChI is InChI=1S/C14H18F3NO2/c1-2-3-4-5-8-18-10-6-7-12(14(15,16)17)11(9-10)13(19)20/h6-7,9,18H,2-5,8H2,1H3,(H,19,20). The molecule has 0 aliphatic carbocycles. The molecular weight excluding hydrogens is 271 g/mol. The van der Waals surface area contributed by atoms with Gasteiger partial charge in [-0.3, -0.25) is 0 Å². The molecule has 6 heteroatoms. The predicted molar refractivity (Wildman–Crippen MR) is 71.0 cm³/mol. The topological polar surface area (TPSA) is 49.3 Å². The number of anilines is 1. The van der Waals surface area contributed by atoms with Crippen LogP contribution < -0.4 is 5.32 Å². The van der Waals surface area contributed by atoms with Gasteiger partial charge in [0.1, 0.15) is 0 Å². The third kappa shape index (κ3) is 4.75. The van der Waals surface area contributed by atoms with Crippen molar-refractivity contribution in [2.45, 2.75) is 38.8 Å². The lowest BCUT2D eigenvalue weighted by Crippen LogP contribution is -2.13. The fourth-order valence-corrected chi connectivity index (χ4v) is 1.86. The second-order valence-electron chi connectivity index (χ2n) is 4.55. The molecule has 0 atom stereocenters. The van der Waals surface area contributed by atoms with Crippen molar-refractivity contribution in [1.29, 1.82) is 0 Å². The molecule has 112 valence electrons. The van der Waals surface area contributed by atoms with E-state index < -0.39 is 23.3 Å². The lowest BCUT2D eigenvalue weighted by Gasteiger charge is -2.13. The van der Waals surface area contributed by atoms with Crippen molar-refractivity contribution in [2.24, 2.45) is 0 Å². The van der Waals surface area contributed by atoms with Crippen LogP contribution in [0.2, 0.25) is 0 Å². The first-order valence-corrected chi connectivity index (χ1v) is 6.54.